The summed E-state index contributed by atoms with van der Waals surface area (Å²) < 4.78 is 0. The van der Waals surface area contributed by atoms with Crippen LogP contribution in [0.2, 0.25) is 0 Å². The first kappa shape index (κ1) is 15.2. The zero-order valence-corrected chi connectivity index (χ0v) is 12.2. The molecule has 1 aliphatic rings. The third kappa shape index (κ3) is 3.91. The number of urea groups is 1. The summed E-state index contributed by atoms with van der Waals surface area (Å²) in [5.41, 5.74) is 0.448. The van der Waals surface area contributed by atoms with E-state index in [9.17, 15) is 9.59 Å². The third-order valence-corrected chi connectivity index (χ3v) is 3.57. The van der Waals surface area contributed by atoms with Gasteiger partial charge >= 0.3 is 12.0 Å². The van der Waals surface area contributed by atoms with Crippen molar-refractivity contribution in [2.24, 2.45) is 0 Å². The van der Waals surface area contributed by atoms with E-state index in [4.69, 9.17) is 5.11 Å². The van der Waals surface area contributed by atoms with Crippen molar-refractivity contribution in [1.82, 2.24) is 14.8 Å². The molecule has 114 valence electrons. The van der Waals surface area contributed by atoms with Gasteiger partial charge in [0.1, 0.15) is 0 Å². The molecule has 1 aromatic heterocycles. The predicted octanol–water partition coefficient (Wildman–Crippen LogP) is 1.34. The van der Waals surface area contributed by atoms with Gasteiger partial charge in [0.15, 0.2) is 0 Å². The van der Waals surface area contributed by atoms with Crippen molar-refractivity contribution in [2.75, 3.05) is 31.5 Å². The number of nitrogens with one attached hydrogen (secondary N) is 1. The summed E-state index contributed by atoms with van der Waals surface area (Å²) in [6.45, 7) is 7.29. The first-order valence-electron chi connectivity index (χ1n) is 6.95. The second-order valence-corrected chi connectivity index (χ2v) is 5.31. The topological polar surface area (TPSA) is 85.8 Å². The molecule has 0 aromatic carbocycles. The number of aromatic carboxylic acids is 1. The lowest BCUT2D eigenvalue weighted by Crippen LogP contribution is -2.51. The molecule has 0 radical (unpaired) electrons. The maximum atomic E-state index is 12.1. The van der Waals surface area contributed by atoms with E-state index in [1.54, 1.807) is 4.90 Å². The van der Waals surface area contributed by atoms with E-state index in [0.717, 1.165) is 13.1 Å². The zero-order valence-electron chi connectivity index (χ0n) is 12.2. The Morgan fingerprint density at radius 3 is 2.48 bits per heavy atom. The van der Waals surface area contributed by atoms with Gasteiger partial charge in [-0.15, -0.1) is 0 Å². The van der Waals surface area contributed by atoms with Crippen molar-refractivity contribution in [1.29, 1.82) is 0 Å². The van der Waals surface area contributed by atoms with Gasteiger partial charge in [0.05, 0.1) is 17.4 Å². The Labute approximate surface area is 123 Å². The Bertz CT molecular complexity index is 525. The van der Waals surface area contributed by atoms with E-state index in [1.165, 1.54) is 18.5 Å². The summed E-state index contributed by atoms with van der Waals surface area (Å²) in [6.07, 6.45) is 2.69. The van der Waals surface area contributed by atoms with Crippen molar-refractivity contribution in [3.63, 3.8) is 0 Å². The fraction of sp³-hybridized carbons (Fsp3) is 0.500. The summed E-state index contributed by atoms with van der Waals surface area (Å²) >= 11 is 0. The van der Waals surface area contributed by atoms with E-state index in [2.05, 4.69) is 29.0 Å². The monoisotopic (exact) mass is 292 g/mol. The highest BCUT2D eigenvalue weighted by Gasteiger charge is 2.22. The summed E-state index contributed by atoms with van der Waals surface area (Å²) in [6, 6.07) is 1.66. The molecule has 2 amide bonds. The Morgan fingerprint density at radius 2 is 1.90 bits per heavy atom. The Kier molecular flexibility index (Phi) is 4.74. The van der Waals surface area contributed by atoms with Crippen LogP contribution in [-0.2, 0) is 0 Å². The molecule has 0 spiro atoms. The summed E-state index contributed by atoms with van der Waals surface area (Å²) in [7, 11) is 0. The number of carboxylic acid groups (broad SMARTS) is 1. The van der Waals surface area contributed by atoms with E-state index in [1.807, 2.05) is 0 Å². The minimum Gasteiger partial charge on any atom is -0.478 e. The molecule has 1 aromatic rings. The van der Waals surface area contributed by atoms with E-state index in [0.29, 0.717) is 24.8 Å². The Morgan fingerprint density at radius 1 is 1.24 bits per heavy atom. The van der Waals surface area contributed by atoms with Gasteiger partial charge in [0.25, 0.3) is 0 Å². The standard InChI is InChI=1S/C14H20N4O3/c1-10(2)17-3-5-18(6-4-17)14(21)16-12-7-11(13(19)20)8-15-9-12/h7-10H,3-6H2,1-2H3,(H,16,21)(H,19,20). The van der Waals surface area contributed by atoms with Crippen LogP contribution in [0.25, 0.3) is 0 Å². The first-order chi connectivity index (χ1) is 9.97. The van der Waals surface area contributed by atoms with Crippen LogP contribution in [0.15, 0.2) is 18.5 Å². The van der Waals surface area contributed by atoms with E-state index < -0.39 is 5.97 Å². The maximum absolute atomic E-state index is 12.1. The molecule has 21 heavy (non-hydrogen) atoms. The lowest BCUT2D eigenvalue weighted by atomic mass is 10.2. The minimum atomic E-state index is -1.07. The minimum absolute atomic E-state index is 0.0532. The molecule has 2 rings (SSSR count). The van der Waals surface area contributed by atoms with Crippen LogP contribution in [0.4, 0.5) is 10.5 Å². The molecule has 7 nitrogen and oxygen atoms in total. The van der Waals surface area contributed by atoms with Crippen LogP contribution in [0, 0.1) is 0 Å². The number of carboxylic acids is 1. The number of carbonyl (C=O) groups excluding carboxylic acids is 1. The van der Waals surface area contributed by atoms with Crippen LogP contribution in [0.3, 0.4) is 0 Å². The van der Waals surface area contributed by atoms with E-state index >= 15 is 0 Å². The molecule has 0 saturated carbocycles. The highest BCUT2D eigenvalue weighted by atomic mass is 16.4. The molecule has 2 N–H and O–H groups in total. The Hall–Kier alpha value is -2.15. The highest BCUT2D eigenvalue weighted by Crippen LogP contribution is 2.11. The number of piperazine rings is 1. The first-order valence-corrected chi connectivity index (χ1v) is 6.95. The normalized spacial score (nSPS) is 16.0. The molecular formula is C14H20N4O3. The SMILES string of the molecule is CC(C)N1CCN(C(=O)Nc2cncc(C(=O)O)c2)CC1. The van der Waals surface area contributed by atoms with Gasteiger partial charge in [-0.05, 0) is 19.9 Å². The summed E-state index contributed by atoms with van der Waals surface area (Å²) in [5.74, 6) is -1.07. The average molecular weight is 292 g/mol. The second kappa shape index (κ2) is 6.53. The number of aromatic nitrogens is 1. The number of anilines is 1. The average Bonchev–Trinajstić information content (AvgIpc) is 2.47. The van der Waals surface area contributed by atoms with E-state index in [-0.39, 0.29) is 11.6 Å². The molecule has 7 heteroatoms. The molecular weight excluding hydrogens is 272 g/mol. The van der Waals surface area contributed by atoms with Gasteiger partial charge < -0.3 is 15.3 Å². The zero-order chi connectivity index (χ0) is 15.4. The van der Waals surface area contributed by atoms with Gasteiger partial charge in [-0.1, -0.05) is 0 Å². The van der Waals surface area contributed by atoms with Gasteiger partial charge in [-0.3, -0.25) is 9.88 Å². The molecule has 1 aliphatic heterocycles. The quantitative estimate of drug-likeness (QED) is 0.878. The number of pyridine rings is 1. The van der Waals surface area contributed by atoms with Crippen LogP contribution in [0.1, 0.15) is 24.2 Å². The van der Waals surface area contributed by atoms with Crippen LogP contribution in [0.5, 0.6) is 0 Å². The van der Waals surface area contributed by atoms with Crippen molar-refractivity contribution in [3.05, 3.63) is 24.0 Å². The number of amides is 2. The van der Waals surface area contributed by atoms with Crippen molar-refractivity contribution in [3.8, 4) is 0 Å². The summed E-state index contributed by atoms with van der Waals surface area (Å²) in [5, 5.41) is 11.6. The van der Waals surface area contributed by atoms with Crippen molar-refractivity contribution in [2.45, 2.75) is 19.9 Å². The highest BCUT2D eigenvalue weighted by molar-refractivity contribution is 5.92. The van der Waals surface area contributed by atoms with Gasteiger partial charge in [-0.2, -0.15) is 0 Å². The number of hydrogen-bond donors (Lipinski definition) is 2. The maximum Gasteiger partial charge on any atom is 0.337 e. The van der Waals surface area contributed by atoms with Crippen molar-refractivity contribution >= 4 is 17.7 Å². The number of carbonyl (C=O) groups is 2. The van der Waals surface area contributed by atoms with Crippen LogP contribution in [-0.4, -0.2) is 64.1 Å². The van der Waals surface area contributed by atoms with Gasteiger partial charge in [0, 0.05) is 38.4 Å². The summed E-state index contributed by atoms with van der Waals surface area (Å²) in [4.78, 5) is 30.9. The number of rotatable bonds is 3. The molecule has 0 bridgehead atoms. The number of nitrogens with zero attached hydrogens (tertiary/aromatic N) is 3. The number of hydrogen-bond acceptors (Lipinski definition) is 4. The molecule has 1 fully saturated rings. The Balaban J connectivity index is 1.93. The molecule has 2 heterocycles. The van der Waals surface area contributed by atoms with Crippen LogP contribution < -0.4 is 5.32 Å². The molecule has 0 atom stereocenters. The molecule has 0 aliphatic carbocycles. The fourth-order valence-corrected chi connectivity index (χ4v) is 2.27. The lowest BCUT2D eigenvalue weighted by molar-refractivity contribution is 0.0696. The largest absolute Gasteiger partial charge is 0.478 e. The van der Waals surface area contributed by atoms with Gasteiger partial charge in [0.2, 0.25) is 0 Å². The van der Waals surface area contributed by atoms with Crippen molar-refractivity contribution < 1.29 is 14.7 Å². The fourth-order valence-electron chi connectivity index (χ4n) is 2.27. The predicted molar refractivity (Wildman–Crippen MR) is 78.5 cm³/mol. The third-order valence-electron chi connectivity index (χ3n) is 3.57. The molecule has 0 unspecified atom stereocenters. The van der Waals surface area contributed by atoms with Gasteiger partial charge in [-0.25, -0.2) is 9.59 Å². The van der Waals surface area contributed by atoms with Crippen LogP contribution >= 0.6 is 0 Å². The lowest BCUT2D eigenvalue weighted by Gasteiger charge is -2.36. The second-order valence-electron chi connectivity index (χ2n) is 5.31. The smallest absolute Gasteiger partial charge is 0.337 e. The molecule has 1 saturated heterocycles.